The van der Waals surface area contributed by atoms with Gasteiger partial charge in [-0.05, 0) is 54.6 Å². The number of anilines is 1. The Kier molecular flexibility index (Phi) is 3.66. The maximum absolute atomic E-state index is 12.1. The molecule has 2 aromatic rings. The second-order valence-electron chi connectivity index (χ2n) is 4.22. The number of aromatic carboxylic acids is 1. The Morgan fingerprint density at radius 2 is 1.89 bits per heavy atom. The van der Waals surface area contributed by atoms with Gasteiger partial charge >= 0.3 is 5.97 Å². The lowest BCUT2D eigenvalue weighted by molar-refractivity contribution is 0.0696. The Labute approximate surface area is 114 Å². The molecule has 0 fully saturated rings. The summed E-state index contributed by atoms with van der Waals surface area (Å²) in [6.07, 6.45) is 0. The SMILES string of the molecule is Cc1cc(C(=O)O)ccc1NC(=O)c1sccc1C. The molecule has 0 aliphatic carbocycles. The van der Waals surface area contributed by atoms with E-state index in [0.29, 0.717) is 10.6 Å². The van der Waals surface area contributed by atoms with Gasteiger partial charge in [-0.2, -0.15) is 0 Å². The van der Waals surface area contributed by atoms with Crippen LogP contribution in [0.2, 0.25) is 0 Å². The van der Waals surface area contributed by atoms with Crippen molar-refractivity contribution in [3.05, 3.63) is 51.2 Å². The zero-order chi connectivity index (χ0) is 14.0. The fourth-order valence-electron chi connectivity index (χ4n) is 1.72. The number of carboxylic acids is 1. The third-order valence-corrected chi connectivity index (χ3v) is 3.81. The van der Waals surface area contributed by atoms with E-state index < -0.39 is 5.97 Å². The zero-order valence-corrected chi connectivity index (χ0v) is 11.4. The topological polar surface area (TPSA) is 66.4 Å². The molecule has 0 radical (unpaired) electrons. The van der Waals surface area contributed by atoms with E-state index in [1.807, 2.05) is 18.4 Å². The van der Waals surface area contributed by atoms with Gasteiger partial charge in [-0.15, -0.1) is 11.3 Å². The summed E-state index contributed by atoms with van der Waals surface area (Å²) in [5, 5.41) is 13.5. The van der Waals surface area contributed by atoms with Crippen LogP contribution in [0.1, 0.15) is 31.2 Å². The number of hydrogen-bond acceptors (Lipinski definition) is 3. The molecule has 5 heteroatoms. The molecule has 19 heavy (non-hydrogen) atoms. The molecule has 2 rings (SSSR count). The molecule has 98 valence electrons. The van der Waals surface area contributed by atoms with Crippen LogP contribution < -0.4 is 5.32 Å². The molecule has 1 aromatic heterocycles. The van der Waals surface area contributed by atoms with Gasteiger partial charge in [0.1, 0.15) is 0 Å². The summed E-state index contributed by atoms with van der Waals surface area (Å²) in [5.41, 5.74) is 2.50. The molecule has 2 N–H and O–H groups in total. The molecule has 4 nitrogen and oxygen atoms in total. The molecule has 0 unspecified atom stereocenters. The Hall–Kier alpha value is -2.14. The predicted molar refractivity (Wildman–Crippen MR) is 75.1 cm³/mol. The van der Waals surface area contributed by atoms with Crippen LogP contribution in [-0.4, -0.2) is 17.0 Å². The zero-order valence-electron chi connectivity index (χ0n) is 10.6. The third kappa shape index (κ3) is 2.82. The Balaban J connectivity index is 2.23. The second-order valence-corrected chi connectivity index (χ2v) is 5.14. The predicted octanol–water partition coefficient (Wildman–Crippen LogP) is 3.32. The summed E-state index contributed by atoms with van der Waals surface area (Å²) in [7, 11) is 0. The van der Waals surface area contributed by atoms with Crippen molar-refractivity contribution in [3.8, 4) is 0 Å². The number of aryl methyl sites for hydroxylation is 2. The summed E-state index contributed by atoms with van der Waals surface area (Å²) < 4.78 is 0. The minimum absolute atomic E-state index is 0.168. The van der Waals surface area contributed by atoms with Gasteiger partial charge in [-0.25, -0.2) is 4.79 Å². The molecule has 1 aromatic carbocycles. The number of thiophene rings is 1. The first-order chi connectivity index (χ1) is 8.99. The average Bonchev–Trinajstić information content (AvgIpc) is 2.77. The molecule has 0 bridgehead atoms. The van der Waals surface area contributed by atoms with Crippen LogP contribution in [0.25, 0.3) is 0 Å². The number of benzene rings is 1. The van der Waals surface area contributed by atoms with E-state index in [1.54, 1.807) is 19.1 Å². The average molecular weight is 275 g/mol. The highest BCUT2D eigenvalue weighted by Gasteiger charge is 2.12. The lowest BCUT2D eigenvalue weighted by atomic mass is 10.1. The minimum Gasteiger partial charge on any atom is -0.478 e. The molecular weight excluding hydrogens is 262 g/mol. The molecule has 0 spiro atoms. The van der Waals surface area contributed by atoms with Crippen molar-refractivity contribution >= 4 is 28.9 Å². The van der Waals surface area contributed by atoms with Crippen LogP contribution in [0.15, 0.2) is 29.6 Å². The first-order valence-electron chi connectivity index (χ1n) is 5.68. The van der Waals surface area contributed by atoms with Gasteiger partial charge in [0.15, 0.2) is 0 Å². The van der Waals surface area contributed by atoms with Gasteiger partial charge in [0.05, 0.1) is 10.4 Å². The molecule has 0 aliphatic heterocycles. The molecule has 0 aliphatic rings. The van der Waals surface area contributed by atoms with Crippen molar-refractivity contribution in [1.29, 1.82) is 0 Å². The number of carbonyl (C=O) groups is 2. The van der Waals surface area contributed by atoms with Crippen molar-refractivity contribution < 1.29 is 14.7 Å². The highest BCUT2D eigenvalue weighted by Crippen LogP contribution is 2.21. The van der Waals surface area contributed by atoms with E-state index >= 15 is 0 Å². The van der Waals surface area contributed by atoms with Crippen LogP contribution in [0.5, 0.6) is 0 Å². The van der Waals surface area contributed by atoms with E-state index in [9.17, 15) is 9.59 Å². The largest absolute Gasteiger partial charge is 0.478 e. The lowest BCUT2D eigenvalue weighted by Crippen LogP contribution is -2.12. The Morgan fingerprint density at radius 3 is 2.42 bits per heavy atom. The summed E-state index contributed by atoms with van der Waals surface area (Å²) in [6, 6.07) is 6.52. The van der Waals surface area contributed by atoms with E-state index in [4.69, 9.17) is 5.11 Å². The first-order valence-corrected chi connectivity index (χ1v) is 6.56. The standard InChI is InChI=1S/C14H13NO3S/c1-8-5-6-19-12(8)13(16)15-11-4-3-10(14(17)18)7-9(11)2/h3-7H,1-2H3,(H,15,16)(H,17,18). The second kappa shape index (κ2) is 5.24. The quantitative estimate of drug-likeness (QED) is 0.903. The summed E-state index contributed by atoms with van der Waals surface area (Å²) >= 11 is 1.38. The van der Waals surface area contributed by atoms with Crippen LogP contribution in [-0.2, 0) is 0 Å². The van der Waals surface area contributed by atoms with E-state index in [2.05, 4.69) is 5.32 Å². The van der Waals surface area contributed by atoms with Crippen molar-refractivity contribution in [2.75, 3.05) is 5.32 Å². The van der Waals surface area contributed by atoms with E-state index in [-0.39, 0.29) is 11.5 Å². The normalized spacial score (nSPS) is 10.2. The lowest BCUT2D eigenvalue weighted by Gasteiger charge is -2.08. The highest BCUT2D eigenvalue weighted by atomic mass is 32.1. The molecule has 0 saturated heterocycles. The van der Waals surface area contributed by atoms with Crippen molar-refractivity contribution in [2.24, 2.45) is 0 Å². The van der Waals surface area contributed by atoms with Crippen molar-refractivity contribution in [3.63, 3.8) is 0 Å². The molecule has 1 heterocycles. The van der Waals surface area contributed by atoms with Crippen LogP contribution in [0, 0.1) is 13.8 Å². The monoisotopic (exact) mass is 275 g/mol. The van der Waals surface area contributed by atoms with Crippen LogP contribution in [0.4, 0.5) is 5.69 Å². The number of nitrogens with one attached hydrogen (secondary N) is 1. The smallest absolute Gasteiger partial charge is 0.335 e. The summed E-state index contributed by atoms with van der Waals surface area (Å²) in [4.78, 5) is 23.6. The molecule has 0 saturated carbocycles. The Bertz CT molecular complexity index is 646. The number of hydrogen-bond donors (Lipinski definition) is 2. The van der Waals surface area contributed by atoms with Gasteiger partial charge in [0.2, 0.25) is 0 Å². The van der Waals surface area contributed by atoms with Gasteiger partial charge in [0, 0.05) is 5.69 Å². The first kappa shape index (κ1) is 13.3. The molecule has 1 amide bonds. The molecular formula is C14H13NO3S. The number of rotatable bonds is 3. The fraction of sp³-hybridized carbons (Fsp3) is 0.143. The maximum Gasteiger partial charge on any atom is 0.335 e. The highest BCUT2D eigenvalue weighted by molar-refractivity contribution is 7.12. The van der Waals surface area contributed by atoms with E-state index in [1.165, 1.54) is 17.4 Å². The van der Waals surface area contributed by atoms with Crippen molar-refractivity contribution in [2.45, 2.75) is 13.8 Å². The van der Waals surface area contributed by atoms with Gasteiger partial charge < -0.3 is 10.4 Å². The molecule has 0 atom stereocenters. The van der Waals surface area contributed by atoms with Crippen LogP contribution >= 0.6 is 11.3 Å². The fourth-order valence-corrected chi connectivity index (χ4v) is 2.54. The number of carboxylic acid groups (broad SMARTS) is 1. The maximum atomic E-state index is 12.1. The summed E-state index contributed by atoms with van der Waals surface area (Å²) in [6.45, 7) is 3.65. The number of carbonyl (C=O) groups excluding carboxylic acids is 1. The van der Waals surface area contributed by atoms with Crippen molar-refractivity contribution in [1.82, 2.24) is 0 Å². The van der Waals surface area contributed by atoms with Gasteiger partial charge in [0.25, 0.3) is 5.91 Å². The Morgan fingerprint density at radius 1 is 1.16 bits per heavy atom. The number of amides is 1. The van der Waals surface area contributed by atoms with Gasteiger partial charge in [-0.3, -0.25) is 4.79 Å². The van der Waals surface area contributed by atoms with Crippen LogP contribution in [0.3, 0.4) is 0 Å². The minimum atomic E-state index is -0.977. The van der Waals surface area contributed by atoms with Gasteiger partial charge in [-0.1, -0.05) is 0 Å². The van der Waals surface area contributed by atoms with E-state index in [0.717, 1.165) is 11.1 Å². The summed E-state index contributed by atoms with van der Waals surface area (Å²) in [5.74, 6) is -1.14. The third-order valence-electron chi connectivity index (χ3n) is 2.79.